The summed E-state index contributed by atoms with van der Waals surface area (Å²) >= 11 is 0. The standard InChI is InChI=1S/C27H32O/c1-4-5-6-8-14-21-15-11-12-18-23(21)24-19-13-20-25(28)26(24)27(2,3)22-16-9-7-10-17-22/h7,9-13,15-20,28H,4-6,8,14H2,1-3H3. The zero-order valence-corrected chi connectivity index (χ0v) is 17.4. The van der Waals surface area contributed by atoms with Gasteiger partial charge < -0.3 is 5.11 Å². The van der Waals surface area contributed by atoms with Gasteiger partial charge in [0.15, 0.2) is 0 Å². The maximum atomic E-state index is 10.9. The molecule has 0 unspecified atom stereocenters. The summed E-state index contributed by atoms with van der Waals surface area (Å²) in [7, 11) is 0. The summed E-state index contributed by atoms with van der Waals surface area (Å²) in [6.45, 7) is 6.65. The van der Waals surface area contributed by atoms with E-state index in [0.29, 0.717) is 5.75 Å². The molecule has 0 amide bonds. The molecular weight excluding hydrogens is 340 g/mol. The van der Waals surface area contributed by atoms with E-state index in [1.807, 2.05) is 18.2 Å². The molecule has 0 saturated heterocycles. The second kappa shape index (κ2) is 9.10. The molecule has 1 heteroatoms. The van der Waals surface area contributed by atoms with Gasteiger partial charge >= 0.3 is 0 Å². The van der Waals surface area contributed by atoms with E-state index < -0.39 is 0 Å². The van der Waals surface area contributed by atoms with Crippen LogP contribution in [0.1, 0.15) is 63.1 Å². The van der Waals surface area contributed by atoms with E-state index in [9.17, 15) is 5.11 Å². The Morgan fingerprint density at radius 3 is 2.14 bits per heavy atom. The molecule has 0 aromatic heterocycles. The molecule has 3 rings (SSSR count). The van der Waals surface area contributed by atoms with Crippen molar-refractivity contribution >= 4 is 0 Å². The highest BCUT2D eigenvalue weighted by molar-refractivity contribution is 5.75. The van der Waals surface area contributed by atoms with Crippen LogP contribution in [0.15, 0.2) is 72.8 Å². The summed E-state index contributed by atoms with van der Waals surface area (Å²) < 4.78 is 0. The van der Waals surface area contributed by atoms with Crippen LogP contribution in [0.4, 0.5) is 0 Å². The monoisotopic (exact) mass is 372 g/mol. The van der Waals surface area contributed by atoms with Gasteiger partial charge in [-0.05, 0) is 41.2 Å². The van der Waals surface area contributed by atoms with Gasteiger partial charge in [0.2, 0.25) is 0 Å². The van der Waals surface area contributed by atoms with Crippen LogP contribution in [0.3, 0.4) is 0 Å². The van der Waals surface area contributed by atoms with Crippen LogP contribution < -0.4 is 0 Å². The number of aromatic hydroxyl groups is 1. The van der Waals surface area contributed by atoms with Gasteiger partial charge in [-0.25, -0.2) is 0 Å². The number of phenols is 1. The van der Waals surface area contributed by atoms with E-state index in [0.717, 1.165) is 17.5 Å². The first-order valence-electron chi connectivity index (χ1n) is 10.5. The summed E-state index contributed by atoms with van der Waals surface area (Å²) in [6.07, 6.45) is 6.11. The largest absolute Gasteiger partial charge is 0.508 e. The fourth-order valence-electron chi connectivity index (χ4n) is 4.16. The van der Waals surface area contributed by atoms with Crippen LogP contribution in [-0.2, 0) is 11.8 Å². The second-order valence-electron chi connectivity index (χ2n) is 8.16. The molecule has 0 aliphatic carbocycles. The van der Waals surface area contributed by atoms with Crippen molar-refractivity contribution < 1.29 is 5.11 Å². The van der Waals surface area contributed by atoms with Crippen LogP contribution in [0.5, 0.6) is 5.75 Å². The minimum atomic E-state index is -0.294. The fraction of sp³-hybridized carbons (Fsp3) is 0.333. The molecule has 3 aromatic rings. The molecule has 0 radical (unpaired) electrons. The third-order valence-electron chi connectivity index (χ3n) is 5.77. The lowest BCUT2D eigenvalue weighted by atomic mass is 9.74. The molecule has 0 spiro atoms. The molecule has 0 aliphatic rings. The summed E-state index contributed by atoms with van der Waals surface area (Å²) in [5, 5.41) is 10.9. The Hall–Kier alpha value is -2.54. The Labute approximate surface area is 170 Å². The smallest absolute Gasteiger partial charge is 0.120 e. The molecule has 0 saturated carbocycles. The van der Waals surface area contributed by atoms with E-state index in [1.54, 1.807) is 0 Å². The highest BCUT2D eigenvalue weighted by Gasteiger charge is 2.29. The number of rotatable bonds is 8. The number of aryl methyl sites for hydroxylation is 1. The average Bonchev–Trinajstić information content (AvgIpc) is 2.72. The van der Waals surface area contributed by atoms with Crippen molar-refractivity contribution in [1.29, 1.82) is 0 Å². The van der Waals surface area contributed by atoms with Crippen molar-refractivity contribution in [1.82, 2.24) is 0 Å². The highest BCUT2D eigenvalue weighted by atomic mass is 16.3. The first-order chi connectivity index (χ1) is 13.6. The quantitative estimate of drug-likeness (QED) is 0.406. The highest BCUT2D eigenvalue weighted by Crippen LogP contribution is 2.43. The van der Waals surface area contributed by atoms with Gasteiger partial charge in [0.25, 0.3) is 0 Å². The van der Waals surface area contributed by atoms with Crippen molar-refractivity contribution in [3.63, 3.8) is 0 Å². The minimum Gasteiger partial charge on any atom is -0.508 e. The topological polar surface area (TPSA) is 20.2 Å². The number of benzene rings is 3. The first kappa shape index (κ1) is 20.2. The van der Waals surface area contributed by atoms with Crippen LogP contribution in [-0.4, -0.2) is 5.11 Å². The maximum absolute atomic E-state index is 10.9. The summed E-state index contributed by atoms with van der Waals surface area (Å²) in [5.41, 5.74) is 5.67. The van der Waals surface area contributed by atoms with Crippen molar-refractivity contribution in [2.45, 2.75) is 58.3 Å². The molecule has 146 valence electrons. The van der Waals surface area contributed by atoms with Crippen molar-refractivity contribution in [3.8, 4) is 16.9 Å². The van der Waals surface area contributed by atoms with Crippen molar-refractivity contribution in [2.24, 2.45) is 0 Å². The molecule has 1 nitrogen and oxygen atoms in total. The second-order valence-corrected chi connectivity index (χ2v) is 8.16. The van der Waals surface area contributed by atoms with Crippen molar-refractivity contribution in [3.05, 3.63) is 89.5 Å². The van der Waals surface area contributed by atoms with Gasteiger partial charge in [0.05, 0.1) is 0 Å². The van der Waals surface area contributed by atoms with Crippen LogP contribution in [0.25, 0.3) is 11.1 Å². The molecule has 0 fully saturated rings. The Morgan fingerprint density at radius 1 is 0.714 bits per heavy atom. The predicted octanol–water partition coefficient (Wildman–Crippen LogP) is 7.51. The predicted molar refractivity (Wildman–Crippen MR) is 120 cm³/mol. The van der Waals surface area contributed by atoms with Gasteiger partial charge in [-0.15, -0.1) is 0 Å². The number of hydrogen-bond acceptors (Lipinski definition) is 1. The summed E-state index contributed by atoms with van der Waals surface area (Å²) in [4.78, 5) is 0. The molecular formula is C27H32O. The molecule has 0 aliphatic heterocycles. The number of unbranched alkanes of at least 4 members (excludes halogenated alkanes) is 3. The molecule has 0 bridgehead atoms. The van der Waals surface area contributed by atoms with Gasteiger partial charge in [-0.1, -0.05) is 107 Å². The maximum Gasteiger partial charge on any atom is 0.120 e. The minimum absolute atomic E-state index is 0.294. The van der Waals surface area contributed by atoms with Crippen LogP contribution in [0, 0.1) is 0 Å². The molecule has 3 aromatic carbocycles. The average molecular weight is 373 g/mol. The first-order valence-corrected chi connectivity index (χ1v) is 10.5. The number of phenolic OH excluding ortho intramolecular Hbond substituents is 1. The Morgan fingerprint density at radius 2 is 1.39 bits per heavy atom. The normalized spacial score (nSPS) is 11.5. The van der Waals surface area contributed by atoms with E-state index in [2.05, 4.69) is 75.4 Å². The van der Waals surface area contributed by atoms with E-state index >= 15 is 0 Å². The molecule has 0 heterocycles. The third kappa shape index (κ3) is 4.30. The zero-order chi connectivity index (χ0) is 20.0. The SMILES string of the molecule is CCCCCCc1ccccc1-c1cccc(O)c1C(C)(C)c1ccccc1. The Kier molecular flexibility index (Phi) is 6.57. The zero-order valence-electron chi connectivity index (χ0n) is 17.4. The van der Waals surface area contributed by atoms with Crippen LogP contribution in [0.2, 0.25) is 0 Å². The lowest BCUT2D eigenvalue weighted by molar-refractivity contribution is 0.454. The van der Waals surface area contributed by atoms with Gasteiger partial charge in [-0.2, -0.15) is 0 Å². The van der Waals surface area contributed by atoms with Gasteiger partial charge in [0, 0.05) is 11.0 Å². The molecule has 1 N–H and O–H groups in total. The molecule has 0 atom stereocenters. The Balaban J connectivity index is 2.07. The summed E-state index contributed by atoms with van der Waals surface area (Å²) in [6, 6.07) is 25.1. The lowest BCUT2D eigenvalue weighted by Gasteiger charge is -2.30. The van der Waals surface area contributed by atoms with Crippen LogP contribution >= 0.6 is 0 Å². The van der Waals surface area contributed by atoms with E-state index in [-0.39, 0.29) is 5.41 Å². The molecule has 28 heavy (non-hydrogen) atoms. The third-order valence-corrected chi connectivity index (χ3v) is 5.77. The number of hydrogen-bond donors (Lipinski definition) is 1. The van der Waals surface area contributed by atoms with Gasteiger partial charge in [-0.3, -0.25) is 0 Å². The fourth-order valence-corrected chi connectivity index (χ4v) is 4.16. The van der Waals surface area contributed by atoms with E-state index in [4.69, 9.17) is 0 Å². The van der Waals surface area contributed by atoms with Gasteiger partial charge in [0.1, 0.15) is 5.75 Å². The lowest BCUT2D eigenvalue weighted by Crippen LogP contribution is -2.20. The van der Waals surface area contributed by atoms with E-state index in [1.165, 1.54) is 42.4 Å². The summed E-state index contributed by atoms with van der Waals surface area (Å²) in [5.74, 6) is 0.368. The van der Waals surface area contributed by atoms with Crippen molar-refractivity contribution in [2.75, 3.05) is 0 Å². The Bertz CT molecular complexity index is 893.